The van der Waals surface area contributed by atoms with Crippen molar-refractivity contribution >= 4 is 11.1 Å². The fraction of sp³-hybridized carbons (Fsp3) is 0.417. The molecule has 2 aromatic rings. The first kappa shape index (κ1) is 10.2. The topological polar surface area (TPSA) is 38.1 Å². The van der Waals surface area contributed by atoms with Crippen LogP contribution in [-0.2, 0) is 6.42 Å². The molecule has 0 saturated carbocycles. The number of oxazole rings is 1. The molecule has 0 spiro atoms. The number of nitrogens with zero attached hydrogens (tertiary/aromatic N) is 1. The lowest BCUT2D eigenvalue weighted by atomic mass is 10.1. The average Bonchev–Trinajstić information content (AvgIpc) is 2.57. The van der Waals surface area contributed by atoms with Crippen LogP contribution >= 0.6 is 0 Å². The first-order chi connectivity index (χ1) is 7.20. The van der Waals surface area contributed by atoms with Crippen LogP contribution in [0.2, 0.25) is 0 Å². The fourth-order valence-electron chi connectivity index (χ4n) is 1.76. The maximum atomic E-state index is 5.70. The predicted octanol–water partition coefficient (Wildman–Crippen LogP) is 2.21. The monoisotopic (exact) mass is 204 g/mol. The minimum Gasteiger partial charge on any atom is -0.440 e. The Morgan fingerprint density at radius 3 is 2.87 bits per heavy atom. The van der Waals surface area contributed by atoms with E-state index in [1.807, 2.05) is 7.05 Å². The molecule has 80 valence electrons. The average molecular weight is 204 g/mol. The summed E-state index contributed by atoms with van der Waals surface area (Å²) < 4.78 is 5.70. The molecule has 15 heavy (non-hydrogen) atoms. The molecule has 0 unspecified atom stereocenters. The Morgan fingerprint density at radius 2 is 2.13 bits per heavy atom. The van der Waals surface area contributed by atoms with Crippen LogP contribution < -0.4 is 5.32 Å². The molecule has 0 radical (unpaired) electrons. The maximum Gasteiger partial charge on any atom is 0.196 e. The van der Waals surface area contributed by atoms with Crippen LogP contribution in [0, 0.1) is 13.8 Å². The smallest absolute Gasteiger partial charge is 0.196 e. The van der Waals surface area contributed by atoms with Crippen molar-refractivity contribution in [3.63, 3.8) is 0 Å². The van der Waals surface area contributed by atoms with Gasteiger partial charge < -0.3 is 9.73 Å². The van der Waals surface area contributed by atoms with Crippen molar-refractivity contribution in [3.8, 4) is 0 Å². The normalized spacial score (nSPS) is 11.1. The summed E-state index contributed by atoms with van der Waals surface area (Å²) in [4.78, 5) is 4.47. The molecule has 0 aliphatic rings. The number of likely N-dealkylation sites (N-methyl/N-ethyl adjacent to an activating group) is 1. The Bertz CT molecular complexity index is 474. The van der Waals surface area contributed by atoms with Crippen LogP contribution in [0.4, 0.5) is 0 Å². The van der Waals surface area contributed by atoms with Crippen molar-refractivity contribution in [2.24, 2.45) is 0 Å². The Morgan fingerprint density at radius 1 is 1.33 bits per heavy atom. The van der Waals surface area contributed by atoms with Gasteiger partial charge in [-0.05, 0) is 38.1 Å². The van der Waals surface area contributed by atoms with Crippen molar-refractivity contribution in [2.75, 3.05) is 13.6 Å². The first-order valence-electron chi connectivity index (χ1n) is 5.22. The molecule has 2 rings (SSSR count). The van der Waals surface area contributed by atoms with Crippen molar-refractivity contribution < 1.29 is 4.42 Å². The third-order valence-corrected chi connectivity index (χ3v) is 2.45. The zero-order valence-electron chi connectivity index (χ0n) is 9.42. The summed E-state index contributed by atoms with van der Waals surface area (Å²) in [5, 5.41) is 3.09. The second-order valence-corrected chi connectivity index (χ2v) is 3.89. The predicted molar refractivity (Wildman–Crippen MR) is 61.1 cm³/mol. The second kappa shape index (κ2) is 4.03. The molecule has 0 aliphatic carbocycles. The van der Waals surface area contributed by atoms with Crippen molar-refractivity contribution in [2.45, 2.75) is 20.3 Å². The number of rotatable bonds is 3. The van der Waals surface area contributed by atoms with Crippen LogP contribution in [0.15, 0.2) is 16.5 Å². The molecular weight excluding hydrogens is 188 g/mol. The van der Waals surface area contributed by atoms with Crippen molar-refractivity contribution in [1.29, 1.82) is 0 Å². The highest BCUT2D eigenvalue weighted by Crippen LogP contribution is 2.21. The van der Waals surface area contributed by atoms with E-state index in [9.17, 15) is 0 Å². The second-order valence-electron chi connectivity index (χ2n) is 3.89. The van der Waals surface area contributed by atoms with E-state index < -0.39 is 0 Å². The molecule has 0 bridgehead atoms. The molecule has 3 heteroatoms. The molecule has 3 nitrogen and oxygen atoms in total. The lowest BCUT2D eigenvalue weighted by Gasteiger charge is -1.95. The number of benzene rings is 1. The van der Waals surface area contributed by atoms with Gasteiger partial charge in [-0.1, -0.05) is 6.07 Å². The van der Waals surface area contributed by atoms with Gasteiger partial charge in [-0.15, -0.1) is 0 Å². The van der Waals surface area contributed by atoms with Gasteiger partial charge >= 0.3 is 0 Å². The third kappa shape index (κ3) is 2.02. The zero-order valence-corrected chi connectivity index (χ0v) is 9.42. The first-order valence-corrected chi connectivity index (χ1v) is 5.22. The number of aromatic nitrogens is 1. The Kier molecular flexibility index (Phi) is 2.73. The van der Waals surface area contributed by atoms with E-state index in [0.29, 0.717) is 0 Å². The molecule has 0 amide bonds. The zero-order chi connectivity index (χ0) is 10.8. The highest BCUT2D eigenvalue weighted by atomic mass is 16.3. The highest BCUT2D eigenvalue weighted by Gasteiger charge is 2.07. The van der Waals surface area contributed by atoms with Gasteiger partial charge in [0.1, 0.15) is 5.52 Å². The van der Waals surface area contributed by atoms with Crippen molar-refractivity contribution in [1.82, 2.24) is 10.3 Å². The van der Waals surface area contributed by atoms with E-state index in [1.165, 1.54) is 5.56 Å². The summed E-state index contributed by atoms with van der Waals surface area (Å²) in [6.45, 7) is 5.03. The molecule has 1 aromatic heterocycles. The van der Waals surface area contributed by atoms with Crippen LogP contribution in [0.1, 0.15) is 17.0 Å². The largest absolute Gasteiger partial charge is 0.440 e. The Balaban J connectivity index is 2.41. The van der Waals surface area contributed by atoms with E-state index in [0.717, 1.165) is 35.5 Å². The van der Waals surface area contributed by atoms with Crippen LogP contribution in [0.3, 0.4) is 0 Å². The van der Waals surface area contributed by atoms with E-state index in [-0.39, 0.29) is 0 Å². The highest BCUT2D eigenvalue weighted by molar-refractivity contribution is 5.77. The summed E-state index contributed by atoms with van der Waals surface area (Å²) in [6.07, 6.45) is 0.837. The molecule has 0 aliphatic heterocycles. The van der Waals surface area contributed by atoms with E-state index in [4.69, 9.17) is 4.42 Å². The Labute approximate surface area is 89.5 Å². The molecule has 1 N–H and O–H groups in total. The maximum absolute atomic E-state index is 5.70. The van der Waals surface area contributed by atoms with Gasteiger partial charge in [-0.25, -0.2) is 4.98 Å². The molecule has 0 fully saturated rings. The SMILES string of the molecule is CNCCc1nc2cc(C)cc(C)c2o1. The van der Waals surface area contributed by atoms with Gasteiger partial charge in [0.15, 0.2) is 11.5 Å². The lowest BCUT2D eigenvalue weighted by molar-refractivity contribution is 0.521. The van der Waals surface area contributed by atoms with Crippen LogP contribution in [-0.4, -0.2) is 18.6 Å². The summed E-state index contributed by atoms with van der Waals surface area (Å²) in [7, 11) is 1.93. The van der Waals surface area contributed by atoms with E-state index >= 15 is 0 Å². The number of hydrogen-bond donors (Lipinski definition) is 1. The molecule has 0 saturated heterocycles. The Hall–Kier alpha value is -1.35. The lowest BCUT2D eigenvalue weighted by Crippen LogP contribution is -2.10. The van der Waals surface area contributed by atoms with Crippen LogP contribution in [0.5, 0.6) is 0 Å². The van der Waals surface area contributed by atoms with Crippen molar-refractivity contribution in [3.05, 3.63) is 29.2 Å². The molecule has 1 aromatic carbocycles. The fourth-order valence-corrected chi connectivity index (χ4v) is 1.76. The number of hydrogen-bond acceptors (Lipinski definition) is 3. The number of aryl methyl sites for hydroxylation is 2. The van der Waals surface area contributed by atoms with Gasteiger partial charge in [0.25, 0.3) is 0 Å². The van der Waals surface area contributed by atoms with Crippen LogP contribution in [0.25, 0.3) is 11.1 Å². The standard InChI is InChI=1S/C12H16N2O/c1-8-6-9(2)12-10(7-8)14-11(15-12)4-5-13-3/h6-7,13H,4-5H2,1-3H3. The number of nitrogens with one attached hydrogen (secondary N) is 1. The quantitative estimate of drug-likeness (QED) is 0.833. The molecule has 0 atom stereocenters. The van der Waals surface area contributed by atoms with Gasteiger partial charge in [-0.2, -0.15) is 0 Å². The van der Waals surface area contributed by atoms with Gasteiger partial charge in [-0.3, -0.25) is 0 Å². The van der Waals surface area contributed by atoms with E-state index in [2.05, 4.69) is 36.3 Å². The summed E-state index contributed by atoms with van der Waals surface area (Å²) in [6, 6.07) is 4.18. The number of fused-ring (bicyclic) bond motifs is 1. The van der Waals surface area contributed by atoms with Gasteiger partial charge in [0.05, 0.1) is 0 Å². The van der Waals surface area contributed by atoms with E-state index in [1.54, 1.807) is 0 Å². The minimum absolute atomic E-state index is 0.813. The molecular formula is C12H16N2O. The third-order valence-electron chi connectivity index (χ3n) is 2.45. The summed E-state index contributed by atoms with van der Waals surface area (Å²) in [5.41, 5.74) is 4.28. The van der Waals surface area contributed by atoms with Gasteiger partial charge in [0, 0.05) is 13.0 Å². The summed E-state index contributed by atoms with van der Waals surface area (Å²) >= 11 is 0. The van der Waals surface area contributed by atoms with Gasteiger partial charge in [0.2, 0.25) is 0 Å². The summed E-state index contributed by atoms with van der Waals surface area (Å²) in [5.74, 6) is 0.813. The minimum atomic E-state index is 0.813. The molecule has 1 heterocycles.